The normalized spacial score (nSPS) is 34.9. The van der Waals surface area contributed by atoms with Crippen LogP contribution in [0.4, 0.5) is 4.79 Å². The monoisotopic (exact) mass is 266 g/mol. The summed E-state index contributed by atoms with van der Waals surface area (Å²) in [6, 6.07) is -0.783. The van der Waals surface area contributed by atoms with Crippen LogP contribution in [-0.4, -0.2) is 31.6 Å². The Morgan fingerprint density at radius 1 is 1.25 bits per heavy atom. The van der Waals surface area contributed by atoms with Crippen LogP contribution in [0.2, 0.25) is 0 Å². The molecule has 1 saturated heterocycles. The molecule has 2 N–H and O–H groups in total. The molecule has 8 heteroatoms. The van der Waals surface area contributed by atoms with E-state index in [4.69, 9.17) is 10.7 Å². The van der Waals surface area contributed by atoms with E-state index in [9.17, 15) is 18.0 Å². The van der Waals surface area contributed by atoms with Gasteiger partial charge in [0.15, 0.2) is 0 Å². The number of rotatable bonds is 1. The molecule has 0 aromatic carbocycles. The third kappa shape index (κ3) is 2.15. The Morgan fingerprint density at radius 3 is 2.56 bits per heavy atom. The van der Waals surface area contributed by atoms with Crippen LogP contribution in [-0.2, 0) is 13.8 Å². The molecule has 0 bridgehead atoms. The van der Waals surface area contributed by atoms with Gasteiger partial charge in [-0.3, -0.25) is 10.1 Å². The van der Waals surface area contributed by atoms with Crippen molar-refractivity contribution in [3.63, 3.8) is 0 Å². The third-order valence-corrected chi connectivity index (χ3v) is 5.07. The Bertz CT molecular complexity index is 435. The Hall–Kier alpha value is -0.820. The van der Waals surface area contributed by atoms with Gasteiger partial charge in [-0.1, -0.05) is 0 Å². The van der Waals surface area contributed by atoms with Gasteiger partial charge in [-0.25, -0.2) is 13.2 Å². The molecule has 0 aromatic heterocycles. The summed E-state index contributed by atoms with van der Waals surface area (Å²) in [5.41, 5.74) is 0. The van der Waals surface area contributed by atoms with Crippen molar-refractivity contribution >= 4 is 31.7 Å². The van der Waals surface area contributed by atoms with Gasteiger partial charge in [-0.05, 0) is 19.3 Å². The maximum absolute atomic E-state index is 11.5. The average Bonchev–Trinajstić information content (AvgIpc) is 2.15. The predicted molar refractivity (Wildman–Crippen MR) is 56.4 cm³/mol. The second-order valence-electron chi connectivity index (χ2n) is 4.09. The molecule has 2 fully saturated rings. The summed E-state index contributed by atoms with van der Waals surface area (Å²) in [7, 11) is 1.64. The molecule has 0 aromatic rings. The van der Waals surface area contributed by atoms with E-state index in [1.807, 2.05) is 0 Å². The molecule has 0 radical (unpaired) electrons. The van der Waals surface area contributed by atoms with Gasteiger partial charge in [0, 0.05) is 16.7 Å². The first-order chi connectivity index (χ1) is 7.38. The van der Waals surface area contributed by atoms with Gasteiger partial charge in [0.2, 0.25) is 15.0 Å². The molecule has 16 heavy (non-hydrogen) atoms. The van der Waals surface area contributed by atoms with Crippen molar-refractivity contribution in [1.82, 2.24) is 10.6 Å². The van der Waals surface area contributed by atoms with Crippen LogP contribution >= 0.6 is 10.7 Å². The average molecular weight is 267 g/mol. The lowest BCUT2D eigenvalue weighted by atomic mass is 9.82. The second kappa shape index (κ2) is 3.89. The Balaban J connectivity index is 2.15. The van der Waals surface area contributed by atoms with Crippen LogP contribution in [0.3, 0.4) is 0 Å². The number of hydrogen-bond donors (Lipinski definition) is 2. The van der Waals surface area contributed by atoms with Crippen molar-refractivity contribution in [2.24, 2.45) is 5.92 Å². The van der Waals surface area contributed by atoms with E-state index in [0.717, 1.165) is 0 Å². The van der Waals surface area contributed by atoms with Crippen LogP contribution < -0.4 is 10.6 Å². The van der Waals surface area contributed by atoms with E-state index in [2.05, 4.69) is 10.6 Å². The molecule has 1 aliphatic carbocycles. The van der Waals surface area contributed by atoms with Gasteiger partial charge in [0.05, 0.1) is 11.2 Å². The molecule has 90 valence electrons. The number of imide groups is 1. The van der Waals surface area contributed by atoms with E-state index in [1.165, 1.54) is 0 Å². The predicted octanol–water partition coefficient (Wildman–Crippen LogP) is -0.0683. The lowest BCUT2D eigenvalue weighted by Crippen LogP contribution is -2.60. The Labute approximate surface area is 97.1 Å². The van der Waals surface area contributed by atoms with Gasteiger partial charge in [-0.15, -0.1) is 0 Å². The van der Waals surface area contributed by atoms with E-state index in [-0.39, 0.29) is 12.5 Å². The highest BCUT2D eigenvalue weighted by molar-refractivity contribution is 8.14. The first kappa shape index (κ1) is 11.7. The van der Waals surface area contributed by atoms with Crippen molar-refractivity contribution < 1.29 is 18.0 Å². The summed E-state index contributed by atoms with van der Waals surface area (Å²) in [6.45, 7) is 0. The van der Waals surface area contributed by atoms with Gasteiger partial charge < -0.3 is 5.32 Å². The highest BCUT2D eigenvalue weighted by Gasteiger charge is 2.43. The number of urea groups is 1. The summed E-state index contributed by atoms with van der Waals surface area (Å²) in [6.07, 6.45) is 1.00. The maximum Gasteiger partial charge on any atom is 0.321 e. The molecule has 1 aliphatic heterocycles. The van der Waals surface area contributed by atoms with Crippen LogP contribution in [0.15, 0.2) is 0 Å². The molecular weight excluding hydrogens is 256 g/mol. The number of fused-ring (bicyclic) bond motifs is 1. The largest absolute Gasteiger partial charge is 0.334 e. The first-order valence-electron chi connectivity index (χ1n) is 4.93. The summed E-state index contributed by atoms with van der Waals surface area (Å²) in [4.78, 5) is 22.5. The van der Waals surface area contributed by atoms with Crippen LogP contribution in [0.25, 0.3) is 0 Å². The van der Waals surface area contributed by atoms with E-state index >= 15 is 0 Å². The highest BCUT2D eigenvalue weighted by Crippen LogP contribution is 2.32. The summed E-state index contributed by atoms with van der Waals surface area (Å²) < 4.78 is 22.4. The third-order valence-electron chi connectivity index (χ3n) is 3.09. The number of carbonyl (C=O) groups excluding carboxylic acids is 2. The fourth-order valence-corrected chi connectivity index (χ4v) is 3.60. The Kier molecular flexibility index (Phi) is 2.83. The smallest absolute Gasteiger partial charge is 0.321 e. The highest BCUT2D eigenvalue weighted by atomic mass is 35.7. The van der Waals surface area contributed by atoms with Gasteiger partial charge in [0.25, 0.3) is 0 Å². The van der Waals surface area contributed by atoms with Crippen molar-refractivity contribution in [1.29, 1.82) is 0 Å². The molecule has 1 saturated carbocycles. The topological polar surface area (TPSA) is 92.3 Å². The quantitative estimate of drug-likeness (QED) is 0.650. The zero-order valence-electron chi connectivity index (χ0n) is 8.27. The van der Waals surface area contributed by atoms with Crippen molar-refractivity contribution in [3.05, 3.63) is 0 Å². The minimum Gasteiger partial charge on any atom is -0.334 e. The number of hydrogen-bond acceptors (Lipinski definition) is 4. The molecule has 2 rings (SSSR count). The summed E-state index contributed by atoms with van der Waals surface area (Å²) in [5, 5.41) is 4.04. The molecule has 2 aliphatic rings. The molecule has 1 heterocycles. The maximum atomic E-state index is 11.5. The SMILES string of the molecule is O=C1NC(=O)C2CC(S(=O)(=O)Cl)CCC2N1. The summed E-state index contributed by atoms with van der Waals surface area (Å²) in [5.74, 6) is -0.913. The van der Waals surface area contributed by atoms with E-state index in [0.29, 0.717) is 12.8 Å². The molecule has 3 atom stereocenters. The number of nitrogens with one attached hydrogen (secondary N) is 2. The molecular formula is C8H11ClN2O4S. The van der Waals surface area contributed by atoms with Gasteiger partial charge in [0.1, 0.15) is 0 Å². The van der Waals surface area contributed by atoms with Crippen LogP contribution in [0.1, 0.15) is 19.3 Å². The van der Waals surface area contributed by atoms with Crippen molar-refractivity contribution in [2.45, 2.75) is 30.6 Å². The lowest BCUT2D eigenvalue weighted by molar-refractivity contribution is -0.126. The molecule has 3 unspecified atom stereocenters. The fraction of sp³-hybridized carbons (Fsp3) is 0.750. The zero-order chi connectivity index (χ0) is 11.9. The number of amides is 3. The van der Waals surface area contributed by atoms with Crippen LogP contribution in [0.5, 0.6) is 0 Å². The van der Waals surface area contributed by atoms with Crippen molar-refractivity contribution in [3.8, 4) is 0 Å². The first-order valence-corrected chi connectivity index (χ1v) is 7.30. The summed E-state index contributed by atoms with van der Waals surface area (Å²) >= 11 is 0. The molecule has 0 spiro atoms. The zero-order valence-corrected chi connectivity index (χ0v) is 9.85. The Morgan fingerprint density at radius 2 is 1.94 bits per heavy atom. The second-order valence-corrected chi connectivity index (χ2v) is 6.99. The van der Waals surface area contributed by atoms with Crippen LogP contribution in [0, 0.1) is 5.92 Å². The molecule has 3 amide bonds. The standard InChI is InChI=1S/C8H11ClN2O4S/c9-16(14,15)4-1-2-6-5(3-4)7(12)11-8(13)10-6/h4-6H,1-3H2,(H2,10,11,12,13). The number of halogens is 1. The molecule has 6 nitrogen and oxygen atoms in total. The van der Waals surface area contributed by atoms with Gasteiger partial charge in [-0.2, -0.15) is 0 Å². The lowest BCUT2D eigenvalue weighted by Gasteiger charge is -2.37. The fourth-order valence-electron chi connectivity index (χ4n) is 2.26. The number of carbonyl (C=O) groups is 2. The van der Waals surface area contributed by atoms with E-state index in [1.54, 1.807) is 0 Å². The minimum atomic E-state index is -3.63. The van der Waals surface area contributed by atoms with Gasteiger partial charge >= 0.3 is 6.03 Å². The van der Waals surface area contributed by atoms with E-state index < -0.39 is 32.2 Å². The van der Waals surface area contributed by atoms with Crippen molar-refractivity contribution in [2.75, 3.05) is 0 Å². The minimum absolute atomic E-state index is 0.169.